The second-order valence-electron chi connectivity index (χ2n) is 8.33. The van der Waals surface area contributed by atoms with Gasteiger partial charge >= 0.3 is 0 Å². The van der Waals surface area contributed by atoms with Gasteiger partial charge < -0.3 is 10.2 Å². The van der Waals surface area contributed by atoms with Crippen molar-refractivity contribution in [2.24, 2.45) is 5.92 Å². The Morgan fingerprint density at radius 1 is 1.03 bits per heavy atom. The highest BCUT2D eigenvalue weighted by molar-refractivity contribution is 5.97. The summed E-state index contributed by atoms with van der Waals surface area (Å²) in [4.78, 5) is 18.7. The zero-order chi connectivity index (χ0) is 20.5. The summed E-state index contributed by atoms with van der Waals surface area (Å²) in [6.07, 6.45) is 7.78. The number of pyridine rings is 1. The Morgan fingerprint density at radius 2 is 1.80 bits per heavy atom. The summed E-state index contributed by atoms with van der Waals surface area (Å²) in [5, 5.41) is 15.0. The molecule has 1 amide bonds. The summed E-state index contributed by atoms with van der Waals surface area (Å²) in [5.41, 5.74) is 3.93. The van der Waals surface area contributed by atoms with Crippen LogP contribution in [0.3, 0.4) is 0 Å². The third-order valence-electron chi connectivity index (χ3n) is 6.20. The standard InChI is InChI=1S/C25H24N4O/c26-15-17-1-3-18(4-2-17)21-13-20-7-10-27-16-23(20)24(14-21)28-22-8-11-29(12-9-22)25(30)19-5-6-19/h1-4,7,10,13-14,16,19,22,28H,5-6,8-9,11-12H2. The lowest BCUT2D eigenvalue weighted by atomic mass is 9.98. The minimum atomic E-state index is 0.300. The van der Waals surface area contributed by atoms with Crippen LogP contribution in [0.2, 0.25) is 0 Å². The fourth-order valence-corrected chi connectivity index (χ4v) is 4.27. The number of anilines is 1. The van der Waals surface area contributed by atoms with E-state index in [1.54, 1.807) is 0 Å². The molecule has 5 nitrogen and oxygen atoms in total. The summed E-state index contributed by atoms with van der Waals surface area (Å²) in [7, 11) is 0. The molecule has 30 heavy (non-hydrogen) atoms. The molecule has 0 radical (unpaired) electrons. The van der Waals surface area contributed by atoms with Crippen LogP contribution in [0.1, 0.15) is 31.2 Å². The first-order valence-electron chi connectivity index (χ1n) is 10.6. The number of benzene rings is 2. The van der Waals surface area contributed by atoms with Gasteiger partial charge in [0.1, 0.15) is 0 Å². The number of piperidine rings is 1. The van der Waals surface area contributed by atoms with Gasteiger partial charge in [-0.05, 0) is 72.5 Å². The van der Waals surface area contributed by atoms with Crippen molar-refractivity contribution in [1.29, 1.82) is 5.26 Å². The van der Waals surface area contributed by atoms with Gasteiger partial charge in [0.25, 0.3) is 0 Å². The van der Waals surface area contributed by atoms with Crippen LogP contribution in [0.15, 0.2) is 54.9 Å². The van der Waals surface area contributed by atoms with Gasteiger partial charge in [0, 0.05) is 48.5 Å². The van der Waals surface area contributed by atoms with Gasteiger partial charge in [-0.3, -0.25) is 9.78 Å². The monoisotopic (exact) mass is 396 g/mol. The van der Waals surface area contributed by atoms with E-state index < -0.39 is 0 Å². The maximum absolute atomic E-state index is 12.3. The average molecular weight is 396 g/mol. The smallest absolute Gasteiger partial charge is 0.225 e. The number of aromatic nitrogens is 1. The van der Waals surface area contributed by atoms with Crippen molar-refractivity contribution < 1.29 is 4.79 Å². The Kier molecular flexibility index (Phi) is 4.84. The lowest BCUT2D eigenvalue weighted by Crippen LogP contribution is -2.43. The predicted molar refractivity (Wildman–Crippen MR) is 118 cm³/mol. The number of carbonyl (C=O) groups is 1. The second-order valence-corrected chi connectivity index (χ2v) is 8.33. The summed E-state index contributed by atoms with van der Waals surface area (Å²) >= 11 is 0. The molecule has 0 atom stereocenters. The van der Waals surface area contributed by atoms with Crippen LogP contribution >= 0.6 is 0 Å². The maximum atomic E-state index is 12.3. The highest BCUT2D eigenvalue weighted by atomic mass is 16.2. The van der Waals surface area contributed by atoms with Crippen LogP contribution in [0.25, 0.3) is 21.9 Å². The average Bonchev–Trinajstić information content (AvgIpc) is 3.65. The van der Waals surface area contributed by atoms with E-state index in [4.69, 9.17) is 5.26 Å². The Hall–Kier alpha value is -3.39. The van der Waals surface area contributed by atoms with Crippen LogP contribution < -0.4 is 5.32 Å². The number of likely N-dealkylation sites (tertiary alicyclic amines) is 1. The first kappa shape index (κ1) is 18.6. The SMILES string of the molecule is N#Cc1ccc(-c2cc(NC3CCN(C(=O)C4CC4)CC3)c3cnccc3c2)cc1. The third-order valence-corrected chi connectivity index (χ3v) is 6.20. The Morgan fingerprint density at radius 3 is 2.50 bits per heavy atom. The number of fused-ring (bicyclic) bond motifs is 1. The largest absolute Gasteiger partial charge is 0.382 e. The minimum Gasteiger partial charge on any atom is -0.382 e. The first-order valence-corrected chi connectivity index (χ1v) is 10.6. The highest BCUT2D eigenvalue weighted by Gasteiger charge is 2.34. The lowest BCUT2D eigenvalue weighted by Gasteiger charge is -2.33. The first-order chi connectivity index (χ1) is 14.7. The van der Waals surface area contributed by atoms with Crippen molar-refractivity contribution in [3.8, 4) is 17.2 Å². The molecule has 5 heteroatoms. The molecule has 1 N–H and O–H groups in total. The molecule has 0 spiro atoms. The predicted octanol–water partition coefficient (Wildman–Crippen LogP) is 4.59. The van der Waals surface area contributed by atoms with E-state index in [2.05, 4.69) is 28.5 Å². The number of hydrogen-bond donors (Lipinski definition) is 1. The molecular formula is C25H24N4O. The maximum Gasteiger partial charge on any atom is 0.225 e. The van der Waals surface area contributed by atoms with E-state index >= 15 is 0 Å². The van der Waals surface area contributed by atoms with E-state index in [9.17, 15) is 4.79 Å². The fourth-order valence-electron chi connectivity index (χ4n) is 4.27. The van der Waals surface area contributed by atoms with Crippen molar-refractivity contribution in [1.82, 2.24) is 9.88 Å². The number of amides is 1. The molecule has 0 bridgehead atoms. The van der Waals surface area contributed by atoms with Gasteiger partial charge in [0.05, 0.1) is 11.6 Å². The quantitative estimate of drug-likeness (QED) is 0.700. The summed E-state index contributed by atoms with van der Waals surface area (Å²) < 4.78 is 0. The summed E-state index contributed by atoms with van der Waals surface area (Å²) in [6.45, 7) is 1.66. The molecule has 5 rings (SSSR count). The van der Waals surface area contributed by atoms with Crippen LogP contribution in [0, 0.1) is 17.2 Å². The number of nitrogens with zero attached hydrogens (tertiary/aromatic N) is 3. The van der Waals surface area contributed by atoms with E-state index in [1.807, 2.05) is 47.6 Å². The Bertz CT molecular complexity index is 1120. The van der Waals surface area contributed by atoms with Gasteiger partial charge in [0.2, 0.25) is 5.91 Å². The fraction of sp³-hybridized carbons (Fsp3) is 0.320. The summed E-state index contributed by atoms with van der Waals surface area (Å²) in [5.74, 6) is 0.652. The molecule has 1 saturated heterocycles. The second kappa shape index (κ2) is 7.79. The van der Waals surface area contributed by atoms with Crippen molar-refractivity contribution in [2.45, 2.75) is 31.7 Å². The van der Waals surface area contributed by atoms with Crippen molar-refractivity contribution in [3.63, 3.8) is 0 Å². The van der Waals surface area contributed by atoms with Crippen LogP contribution in [0.5, 0.6) is 0 Å². The van der Waals surface area contributed by atoms with Gasteiger partial charge in [-0.1, -0.05) is 12.1 Å². The highest BCUT2D eigenvalue weighted by Crippen LogP contribution is 2.34. The molecule has 2 fully saturated rings. The molecule has 1 aliphatic heterocycles. The Labute approximate surface area is 176 Å². The number of nitrogens with one attached hydrogen (secondary N) is 1. The van der Waals surface area contributed by atoms with Crippen molar-refractivity contribution >= 4 is 22.4 Å². The lowest BCUT2D eigenvalue weighted by molar-refractivity contribution is -0.133. The normalized spacial score (nSPS) is 17.0. The summed E-state index contributed by atoms with van der Waals surface area (Å²) in [6, 6.07) is 16.6. The Balaban J connectivity index is 1.39. The van der Waals surface area contributed by atoms with E-state index in [1.165, 1.54) is 0 Å². The van der Waals surface area contributed by atoms with Crippen molar-refractivity contribution in [2.75, 3.05) is 18.4 Å². The molecule has 2 aromatic carbocycles. The van der Waals surface area contributed by atoms with Gasteiger partial charge in [-0.2, -0.15) is 5.26 Å². The van der Waals surface area contributed by atoms with Gasteiger partial charge in [-0.15, -0.1) is 0 Å². The molecule has 2 aliphatic rings. The van der Waals surface area contributed by atoms with Crippen LogP contribution in [0.4, 0.5) is 5.69 Å². The molecular weight excluding hydrogens is 372 g/mol. The number of carbonyl (C=O) groups excluding carboxylic acids is 1. The van der Waals surface area contributed by atoms with E-state index in [0.29, 0.717) is 23.4 Å². The van der Waals surface area contributed by atoms with Crippen LogP contribution in [-0.4, -0.2) is 34.9 Å². The molecule has 3 aromatic rings. The minimum absolute atomic E-state index is 0.300. The zero-order valence-corrected chi connectivity index (χ0v) is 16.8. The number of rotatable bonds is 4. The third kappa shape index (κ3) is 3.73. The topological polar surface area (TPSA) is 69.0 Å². The van der Waals surface area contributed by atoms with Crippen molar-refractivity contribution in [3.05, 3.63) is 60.4 Å². The van der Waals surface area contributed by atoms with Gasteiger partial charge in [-0.25, -0.2) is 0 Å². The molecule has 1 aliphatic carbocycles. The van der Waals surface area contributed by atoms with E-state index in [0.717, 1.165) is 66.4 Å². The molecule has 150 valence electrons. The van der Waals surface area contributed by atoms with Gasteiger partial charge in [0.15, 0.2) is 0 Å². The zero-order valence-electron chi connectivity index (χ0n) is 16.8. The van der Waals surface area contributed by atoms with E-state index in [-0.39, 0.29) is 0 Å². The molecule has 0 unspecified atom stereocenters. The molecule has 2 heterocycles. The number of nitriles is 1. The van der Waals surface area contributed by atoms with Crippen LogP contribution in [-0.2, 0) is 4.79 Å². The molecule has 1 aromatic heterocycles. The number of hydrogen-bond acceptors (Lipinski definition) is 4. The molecule has 1 saturated carbocycles.